The van der Waals surface area contributed by atoms with Crippen LogP contribution in [0.1, 0.15) is 16.7 Å². The van der Waals surface area contributed by atoms with Crippen LogP contribution >= 0.6 is 0 Å². The van der Waals surface area contributed by atoms with E-state index in [1.165, 1.54) is 0 Å². The van der Waals surface area contributed by atoms with Crippen molar-refractivity contribution in [2.24, 2.45) is 0 Å². The molecule has 0 saturated carbocycles. The number of ether oxygens (including phenoxy) is 1. The molecule has 0 radical (unpaired) electrons. The first kappa shape index (κ1) is 16.3. The Morgan fingerprint density at radius 1 is 0.769 bits per heavy atom. The van der Waals surface area contributed by atoms with Crippen molar-refractivity contribution >= 4 is 11.5 Å². The van der Waals surface area contributed by atoms with Gasteiger partial charge in [0.25, 0.3) is 0 Å². The number of aliphatic hydroxyl groups is 1. The molecule has 3 aromatic carbocycles. The lowest BCUT2D eigenvalue weighted by molar-refractivity contribution is -0.135. The van der Waals surface area contributed by atoms with Gasteiger partial charge in [0.1, 0.15) is 6.61 Å². The zero-order valence-electron chi connectivity index (χ0n) is 14.1. The lowest BCUT2D eigenvalue weighted by atomic mass is 9.81. The van der Waals surface area contributed by atoms with Crippen LogP contribution in [0.5, 0.6) is 0 Å². The van der Waals surface area contributed by atoms with Gasteiger partial charge in [-0.15, -0.1) is 0 Å². The van der Waals surface area contributed by atoms with E-state index in [2.05, 4.69) is 0 Å². The van der Waals surface area contributed by atoms with Crippen molar-refractivity contribution in [3.05, 3.63) is 113 Å². The van der Waals surface area contributed by atoms with Gasteiger partial charge in [-0.1, -0.05) is 91.0 Å². The van der Waals surface area contributed by atoms with E-state index in [9.17, 15) is 9.90 Å². The standard InChI is InChI=1S/C23H18O3/c24-22-21(23(25,16-26-22)19-14-8-3-9-15-19)20(17-10-4-1-5-11-17)18-12-6-2-7-13-18/h1-15,25H,16H2. The average Bonchev–Trinajstić information content (AvgIpc) is 3.01. The highest BCUT2D eigenvalue weighted by atomic mass is 16.6. The van der Waals surface area contributed by atoms with Crippen LogP contribution in [0.2, 0.25) is 0 Å². The number of carbonyl (C=O) groups is 1. The smallest absolute Gasteiger partial charge is 0.338 e. The number of hydrogen-bond donors (Lipinski definition) is 1. The monoisotopic (exact) mass is 342 g/mol. The number of rotatable bonds is 3. The molecule has 3 nitrogen and oxygen atoms in total. The summed E-state index contributed by atoms with van der Waals surface area (Å²) in [6, 6.07) is 28.5. The third kappa shape index (κ3) is 2.72. The van der Waals surface area contributed by atoms with Crippen LogP contribution in [0.3, 0.4) is 0 Å². The molecular formula is C23H18O3. The fourth-order valence-electron chi connectivity index (χ4n) is 3.40. The Kier molecular flexibility index (Phi) is 4.15. The van der Waals surface area contributed by atoms with Crippen LogP contribution in [-0.2, 0) is 15.1 Å². The van der Waals surface area contributed by atoms with Crippen LogP contribution in [0.4, 0.5) is 0 Å². The van der Waals surface area contributed by atoms with Crippen LogP contribution in [0, 0.1) is 0 Å². The molecule has 1 atom stereocenters. The quantitative estimate of drug-likeness (QED) is 0.579. The van der Waals surface area contributed by atoms with Crippen LogP contribution in [0.25, 0.3) is 5.57 Å². The highest BCUT2D eigenvalue weighted by Crippen LogP contribution is 2.42. The molecule has 0 aromatic heterocycles. The van der Waals surface area contributed by atoms with E-state index in [0.29, 0.717) is 11.1 Å². The maximum Gasteiger partial charge on any atom is 0.338 e. The second-order valence-electron chi connectivity index (χ2n) is 6.28. The summed E-state index contributed by atoms with van der Waals surface area (Å²) < 4.78 is 5.31. The molecule has 26 heavy (non-hydrogen) atoms. The molecule has 0 amide bonds. The third-order valence-electron chi connectivity index (χ3n) is 4.66. The molecule has 3 aromatic rings. The first-order valence-electron chi connectivity index (χ1n) is 8.51. The second kappa shape index (κ2) is 6.62. The van der Waals surface area contributed by atoms with Gasteiger partial charge in [-0.05, 0) is 16.7 Å². The predicted octanol–water partition coefficient (Wildman–Crippen LogP) is 3.93. The van der Waals surface area contributed by atoms with E-state index in [4.69, 9.17) is 4.74 Å². The molecule has 1 fully saturated rings. The number of hydrogen-bond acceptors (Lipinski definition) is 3. The average molecular weight is 342 g/mol. The van der Waals surface area contributed by atoms with Crippen molar-refractivity contribution in [1.29, 1.82) is 0 Å². The highest BCUT2D eigenvalue weighted by molar-refractivity contribution is 6.05. The summed E-state index contributed by atoms with van der Waals surface area (Å²) in [7, 11) is 0. The molecule has 0 aliphatic carbocycles. The second-order valence-corrected chi connectivity index (χ2v) is 6.28. The van der Waals surface area contributed by atoms with Crippen molar-refractivity contribution < 1.29 is 14.6 Å². The summed E-state index contributed by atoms with van der Waals surface area (Å²) in [5.41, 5.74) is 1.86. The number of cyclic esters (lactones) is 1. The van der Waals surface area contributed by atoms with Crippen molar-refractivity contribution in [1.82, 2.24) is 0 Å². The van der Waals surface area contributed by atoms with Gasteiger partial charge in [0, 0.05) is 5.57 Å². The van der Waals surface area contributed by atoms with Gasteiger partial charge in [0.15, 0.2) is 5.60 Å². The van der Waals surface area contributed by atoms with Crippen molar-refractivity contribution in [2.45, 2.75) is 5.60 Å². The largest absolute Gasteiger partial charge is 0.458 e. The summed E-state index contributed by atoms with van der Waals surface area (Å²) in [6.45, 7) is -0.0889. The molecule has 1 aliphatic rings. The minimum absolute atomic E-state index is 0.0889. The Bertz CT molecular complexity index is 905. The van der Waals surface area contributed by atoms with Crippen LogP contribution in [-0.4, -0.2) is 17.7 Å². The summed E-state index contributed by atoms with van der Waals surface area (Å²) in [5.74, 6) is -0.487. The SMILES string of the molecule is O=C1OCC(O)(c2ccccc2)C1=C(c1ccccc1)c1ccccc1. The maximum atomic E-state index is 12.7. The van der Waals surface area contributed by atoms with Gasteiger partial charge >= 0.3 is 5.97 Å². The molecular weight excluding hydrogens is 324 g/mol. The Balaban J connectivity index is 2.03. The zero-order chi connectivity index (χ0) is 18.0. The van der Waals surface area contributed by atoms with Crippen LogP contribution in [0.15, 0.2) is 96.6 Å². The molecule has 128 valence electrons. The minimum Gasteiger partial charge on any atom is -0.458 e. The van der Waals surface area contributed by atoms with Crippen molar-refractivity contribution in [2.75, 3.05) is 6.61 Å². The summed E-state index contributed by atoms with van der Waals surface area (Å²) in [4.78, 5) is 12.7. The van der Waals surface area contributed by atoms with Crippen molar-refractivity contribution in [3.63, 3.8) is 0 Å². The molecule has 1 unspecified atom stereocenters. The summed E-state index contributed by atoms with van der Waals surface area (Å²) in [6.07, 6.45) is 0. The fourth-order valence-corrected chi connectivity index (χ4v) is 3.40. The Hall–Kier alpha value is -3.17. The van der Waals surface area contributed by atoms with E-state index in [1.54, 1.807) is 0 Å². The normalized spacial score (nSPS) is 19.3. The number of esters is 1. The third-order valence-corrected chi connectivity index (χ3v) is 4.66. The molecule has 1 heterocycles. The lowest BCUT2D eigenvalue weighted by Gasteiger charge is -2.24. The Morgan fingerprint density at radius 3 is 1.73 bits per heavy atom. The topological polar surface area (TPSA) is 46.5 Å². The highest BCUT2D eigenvalue weighted by Gasteiger charge is 2.47. The van der Waals surface area contributed by atoms with Crippen molar-refractivity contribution in [3.8, 4) is 0 Å². The van der Waals surface area contributed by atoms with Gasteiger partial charge in [-0.2, -0.15) is 0 Å². The first-order valence-corrected chi connectivity index (χ1v) is 8.51. The maximum absolute atomic E-state index is 12.7. The first-order chi connectivity index (χ1) is 12.7. The van der Waals surface area contributed by atoms with E-state index >= 15 is 0 Å². The van der Waals surface area contributed by atoms with E-state index in [-0.39, 0.29) is 12.2 Å². The van der Waals surface area contributed by atoms with E-state index < -0.39 is 11.6 Å². The zero-order valence-corrected chi connectivity index (χ0v) is 14.1. The molecule has 1 aliphatic heterocycles. The van der Waals surface area contributed by atoms with Gasteiger partial charge in [0.2, 0.25) is 0 Å². The van der Waals surface area contributed by atoms with Gasteiger partial charge in [-0.3, -0.25) is 0 Å². The van der Waals surface area contributed by atoms with Gasteiger partial charge < -0.3 is 9.84 Å². The number of carbonyl (C=O) groups excluding carboxylic acids is 1. The number of benzene rings is 3. The Labute approximate surface area is 152 Å². The Morgan fingerprint density at radius 2 is 1.23 bits per heavy atom. The molecule has 3 heteroatoms. The molecule has 1 saturated heterocycles. The summed E-state index contributed by atoms with van der Waals surface area (Å²) >= 11 is 0. The lowest BCUT2D eigenvalue weighted by Crippen LogP contribution is -2.29. The minimum atomic E-state index is -1.49. The van der Waals surface area contributed by atoms with Gasteiger partial charge in [0.05, 0.1) is 5.57 Å². The molecule has 0 spiro atoms. The van der Waals surface area contributed by atoms with Gasteiger partial charge in [-0.25, -0.2) is 4.79 Å². The predicted molar refractivity (Wildman–Crippen MR) is 100 cm³/mol. The molecule has 4 rings (SSSR count). The van der Waals surface area contributed by atoms with E-state index in [0.717, 1.165) is 11.1 Å². The van der Waals surface area contributed by atoms with Crippen LogP contribution < -0.4 is 0 Å². The fraction of sp³-hybridized carbons (Fsp3) is 0.0870. The molecule has 0 bridgehead atoms. The van der Waals surface area contributed by atoms with E-state index in [1.807, 2.05) is 91.0 Å². The molecule has 1 N–H and O–H groups in total. The summed E-state index contributed by atoms with van der Waals surface area (Å²) in [5, 5.41) is 11.5.